The summed E-state index contributed by atoms with van der Waals surface area (Å²) in [6.07, 6.45) is 10.3. The second-order valence-electron chi connectivity index (χ2n) is 3.44. The van der Waals surface area contributed by atoms with Gasteiger partial charge in [0.1, 0.15) is 0 Å². The number of hydrogen-bond donors (Lipinski definition) is 0. The minimum Gasteiger partial charge on any atom is -0.103 e. The van der Waals surface area contributed by atoms with Gasteiger partial charge in [0.2, 0.25) is 0 Å². The average molecular weight is 217 g/mol. The molecule has 0 saturated heterocycles. The summed E-state index contributed by atoms with van der Waals surface area (Å²) in [5.74, 6) is 0.918. The van der Waals surface area contributed by atoms with E-state index in [2.05, 4.69) is 22.5 Å². The fourth-order valence-electron chi connectivity index (χ4n) is 1.85. The molecule has 0 N–H and O–H groups in total. The summed E-state index contributed by atoms with van der Waals surface area (Å²) < 4.78 is 0. The number of rotatable bonds is 3. The van der Waals surface area contributed by atoms with Crippen LogP contribution in [-0.4, -0.2) is 4.83 Å². The smallest absolute Gasteiger partial charge is 0.0208 e. The summed E-state index contributed by atoms with van der Waals surface area (Å²) in [5.41, 5.74) is 0. The summed E-state index contributed by atoms with van der Waals surface area (Å²) in [7, 11) is 0. The van der Waals surface area contributed by atoms with Crippen LogP contribution in [0.3, 0.4) is 0 Å². The molecule has 1 aliphatic rings. The molecule has 0 aromatic carbocycles. The first kappa shape index (κ1) is 9.31. The number of hydrogen-bond acceptors (Lipinski definition) is 0. The largest absolute Gasteiger partial charge is 0.103 e. The van der Waals surface area contributed by atoms with E-state index >= 15 is 0 Å². The van der Waals surface area contributed by atoms with E-state index in [1.807, 2.05) is 6.08 Å². The van der Waals surface area contributed by atoms with Crippen LogP contribution in [0.4, 0.5) is 0 Å². The molecule has 0 radical (unpaired) electrons. The lowest BCUT2D eigenvalue weighted by Crippen LogP contribution is -2.16. The summed E-state index contributed by atoms with van der Waals surface area (Å²) in [6.45, 7) is 3.77. The minimum atomic E-state index is 0.695. The molecule has 1 fully saturated rings. The molecular weight excluding hydrogens is 200 g/mol. The van der Waals surface area contributed by atoms with Gasteiger partial charge in [-0.1, -0.05) is 41.3 Å². The van der Waals surface area contributed by atoms with Crippen LogP contribution in [0.1, 0.15) is 38.5 Å². The van der Waals surface area contributed by atoms with Crippen molar-refractivity contribution in [2.24, 2.45) is 5.92 Å². The van der Waals surface area contributed by atoms with Crippen molar-refractivity contribution in [1.82, 2.24) is 0 Å². The van der Waals surface area contributed by atoms with Gasteiger partial charge in [-0.25, -0.2) is 0 Å². The predicted molar refractivity (Wildman–Crippen MR) is 54.1 cm³/mol. The van der Waals surface area contributed by atoms with E-state index < -0.39 is 0 Å². The molecule has 1 heteroatoms. The molecule has 0 nitrogen and oxygen atoms in total. The molecule has 0 aliphatic heterocycles. The Morgan fingerprint density at radius 2 is 2.00 bits per heavy atom. The van der Waals surface area contributed by atoms with E-state index in [1.54, 1.807) is 0 Å². The highest BCUT2D eigenvalue weighted by Crippen LogP contribution is 2.31. The van der Waals surface area contributed by atoms with Crippen molar-refractivity contribution in [3.8, 4) is 0 Å². The molecule has 0 aromatic rings. The maximum absolute atomic E-state index is 3.77. The molecule has 0 aromatic heterocycles. The molecular formula is C10H17Br. The predicted octanol–water partition coefficient (Wildman–Crippen LogP) is 3.91. The normalized spacial score (nSPS) is 23.0. The third kappa shape index (κ3) is 2.98. The van der Waals surface area contributed by atoms with Crippen LogP contribution in [-0.2, 0) is 0 Å². The highest BCUT2D eigenvalue weighted by Gasteiger charge is 2.19. The summed E-state index contributed by atoms with van der Waals surface area (Å²) >= 11 is 3.73. The van der Waals surface area contributed by atoms with Gasteiger partial charge in [0.25, 0.3) is 0 Å². The van der Waals surface area contributed by atoms with Crippen molar-refractivity contribution in [2.45, 2.75) is 43.4 Å². The van der Waals surface area contributed by atoms with Gasteiger partial charge in [-0.15, -0.1) is 6.58 Å². The van der Waals surface area contributed by atoms with Gasteiger partial charge in [-0.3, -0.25) is 0 Å². The van der Waals surface area contributed by atoms with Crippen LogP contribution in [0.25, 0.3) is 0 Å². The van der Waals surface area contributed by atoms with Gasteiger partial charge >= 0.3 is 0 Å². The lowest BCUT2D eigenvalue weighted by atomic mass is 9.86. The molecule has 11 heavy (non-hydrogen) atoms. The summed E-state index contributed by atoms with van der Waals surface area (Å²) in [5, 5.41) is 0. The summed E-state index contributed by atoms with van der Waals surface area (Å²) in [4.78, 5) is 0.695. The second-order valence-corrected chi connectivity index (χ2v) is 4.61. The first-order valence-electron chi connectivity index (χ1n) is 4.59. The Hall–Kier alpha value is 0.220. The van der Waals surface area contributed by atoms with Gasteiger partial charge in [0.05, 0.1) is 0 Å². The molecule has 0 spiro atoms. The minimum absolute atomic E-state index is 0.695. The van der Waals surface area contributed by atoms with Gasteiger partial charge in [-0.05, 0) is 25.2 Å². The van der Waals surface area contributed by atoms with Crippen LogP contribution >= 0.6 is 15.9 Å². The van der Waals surface area contributed by atoms with Crippen LogP contribution in [0.5, 0.6) is 0 Å². The molecule has 0 amide bonds. The molecule has 1 unspecified atom stereocenters. The van der Waals surface area contributed by atoms with Crippen molar-refractivity contribution in [1.29, 1.82) is 0 Å². The summed E-state index contributed by atoms with van der Waals surface area (Å²) in [6, 6.07) is 0. The third-order valence-corrected chi connectivity index (χ3v) is 3.67. The van der Waals surface area contributed by atoms with Crippen LogP contribution in [0, 0.1) is 5.92 Å². The highest BCUT2D eigenvalue weighted by molar-refractivity contribution is 9.09. The van der Waals surface area contributed by atoms with E-state index in [9.17, 15) is 0 Å². The Morgan fingerprint density at radius 1 is 1.36 bits per heavy atom. The van der Waals surface area contributed by atoms with E-state index in [4.69, 9.17) is 0 Å². The van der Waals surface area contributed by atoms with E-state index in [-0.39, 0.29) is 0 Å². The lowest BCUT2D eigenvalue weighted by Gasteiger charge is -2.25. The van der Waals surface area contributed by atoms with Gasteiger partial charge < -0.3 is 0 Å². The molecule has 1 rings (SSSR count). The van der Waals surface area contributed by atoms with Crippen molar-refractivity contribution in [3.63, 3.8) is 0 Å². The maximum atomic E-state index is 3.77. The van der Waals surface area contributed by atoms with Crippen LogP contribution < -0.4 is 0 Å². The number of alkyl halides is 1. The number of allylic oxidation sites excluding steroid dienone is 1. The van der Waals surface area contributed by atoms with E-state index in [0.29, 0.717) is 4.83 Å². The Balaban J connectivity index is 2.26. The molecule has 0 heterocycles. The first-order valence-corrected chi connectivity index (χ1v) is 5.51. The zero-order valence-corrected chi connectivity index (χ0v) is 8.65. The Labute approximate surface area is 78.2 Å². The lowest BCUT2D eigenvalue weighted by molar-refractivity contribution is 0.352. The standard InChI is InChI=1S/C10H17Br/c1-2-6-10(11)9-7-4-3-5-8-9/h2,9-10H,1,3-8H2. The Bertz CT molecular complexity index is 114. The third-order valence-electron chi connectivity index (χ3n) is 2.55. The zero-order chi connectivity index (χ0) is 8.10. The van der Waals surface area contributed by atoms with Gasteiger partial charge in [0, 0.05) is 4.83 Å². The van der Waals surface area contributed by atoms with E-state index in [0.717, 1.165) is 12.3 Å². The van der Waals surface area contributed by atoms with Gasteiger partial charge in [0.15, 0.2) is 0 Å². The molecule has 1 saturated carbocycles. The second kappa shape index (κ2) is 4.97. The monoisotopic (exact) mass is 216 g/mol. The Morgan fingerprint density at radius 3 is 2.55 bits per heavy atom. The molecule has 0 bridgehead atoms. The van der Waals surface area contributed by atoms with Crippen molar-refractivity contribution >= 4 is 15.9 Å². The fraction of sp³-hybridized carbons (Fsp3) is 0.800. The SMILES string of the molecule is C=CCC(Br)C1CCCCC1. The van der Waals surface area contributed by atoms with Crippen molar-refractivity contribution in [3.05, 3.63) is 12.7 Å². The van der Waals surface area contributed by atoms with Crippen LogP contribution in [0.2, 0.25) is 0 Å². The molecule has 1 aliphatic carbocycles. The van der Waals surface area contributed by atoms with E-state index in [1.165, 1.54) is 32.1 Å². The van der Waals surface area contributed by atoms with Crippen molar-refractivity contribution < 1.29 is 0 Å². The topological polar surface area (TPSA) is 0 Å². The highest BCUT2D eigenvalue weighted by atomic mass is 79.9. The molecule has 1 atom stereocenters. The van der Waals surface area contributed by atoms with Gasteiger partial charge in [-0.2, -0.15) is 0 Å². The maximum Gasteiger partial charge on any atom is 0.0208 e. The number of halogens is 1. The fourth-order valence-corrected chi connectivity index (χ4v) is 2.64. The zero-order valence-electron chi connectivity index (χ0n) is 7.06. The average Bonchev–Trinajstić information content (AvgIpc) is 2.07. The Kier molecular flexibility index (Phi) is 4.21. The quantitative estimate of drug-likeness (QED) is 0.496. The van der Waals surface area contributed by atoms with Crippen LogP contribution in [0.15, 0.2) is 12.7 Å². The van der Waals surface area contributed by atoms with Crippen molar-refractivity contribution in [2.75, 3.05) is 0 Å². The first-order chi connectivity index (χ1) is 5.34. The molecule has 64 valence electrons.